The fraction of sp³-hybridized carbons (Fsp3) is 0.667. The molecule has 6 atom stereocenters. The summed E-state index contributed by atoms with van der Waals surface area (Å²) in [7, 11) is -2.20. The number of benzene rings is 1. The van der Waals surface area contributed by atoms with Gasteiger partial charge in [0.2, 0.25) is 11.8 Å². The Morgan fingerprint density at radius 3 is 2.28 bits per heavy atom. The first-order valence-electron chi connectivity index (χ1n) is 17.1. The topological polar surface area (TPSA) is 117 Å². The van der Waals surface area contributed by atoms with Gasteiger partial charge in [0.15, 0.2) is 8.32 Å². The molecule has 0 unspecified atom stereocenters. The first kappa shape index (κ1) is 37.6. The average molecular weight is 655 g/mol. The van der Waals surface area contributed by atoms with Crippen LogP contribution in [0, 0.1) is 17.8 Å². The lowest BCUT2D eigenvalue weighted by Crippen LogP contribution is -2.61. The van der Waals surface area contributed by atoms with Crippen LogP contribution in [-0.2, 0) is 23.6 Å². The zero-order valence-electron chi connectivity index (χ0n) is 29.7. The third-order valence-corrected chi connectivity index (χ3v) is 14.6. The van der Waals surface area contributed by atoms with E-state index in [4.69, 9.17) is 4.43 Å². The number of fused-ring (bicyclic) bond motifs is 4. The van der Waals surface area contributed by atoms with E-state index in [0.29, 0.717) is 25.8 Å². The van der Waals surface area contributed by atoms with Crippen molar-refractivity contribution in [2.24, 2.45) is 17.8 Å². The number of carbonyl (C=O) groups excluding carboxylic acids is 4. The summed E-state index contributed by atoms with van der Waals surface area (Å²) in [6, 6.07) is 6.48. The van der Waals surface area contributed by atoms with E-state index in [1.807, 2.05) is 45.9 Å². The van der Waals surface area contributed by atoms with E-state index in [2.05, 4.69) is 68.1 Å². The molecule has 10 heteroatoms. The van der Waals surface area contributed by atoms with Crippen molar-refractivity contribution in [1.82, 2.24) is 21.1 Å². The van der Waals surface area contributed by atoms with Crippen LogP contribution >= 0.6 is 0 Å². The maximum atomic E-state index is 13.8. The molecule has 2 aliphatic rings. The molecule has 1 aromatic carbocycles. The summed E-state index contributed by atoms with van der Waals surface area (Å²) in [5.41, 5.74) is 5.10. The fourth-order valence-electron chi connectivity index (χ4n) is 5.77. The Morgan fingerprint density at radius 2 is 1.63 bits per heavy atom. The predicted molar refractivity (Wildman–Crippen MR) is 186 cm³/mol. The monoisotopic (exact) mass is 654 g/mol. The summed E-state index contributed by atoms with van der Waals surface area (Å²) in [6.45, 7) is 20.8. The van der Waals surface area contributed by atoms with Gasteiger partial charge in [-0.05, 0) is 80.8 Å². The number of Topliss-reactive ketones (excluding diaryl/α,β-unsaturated/α-hetero) is 1. The van der Waals surface area contributed by atoms with Crippen molar-refractivity contribution in [1.29, 1.82) is 0 Å². The Labute approximate surface area is 277 Å². The molecule has 3 rings (SSSR count). The zero-order chi connectivity index (χ0) is 34.4. The standard InChI is InChI=1S/C36H58N4O5Si/c1-23(2)29-22-31(41)24(3)32(45-46(9,10)36(6,7)8)19-12-11-15-27-16-13-17-28(21-27)25(4)37-34(43)30-18-14-20-40(39-30)35(44)26(5)38-33(29)42/h11,13,15-17,21,23-26,29-30,32,39H,12,14,18-20,22H2,1-10H3,(H,37,43)(H,38,42)/b15-11+/t24-,25+,26-,29-,30-,32+/m0/s1. The summed E-state index contributed by atoms with van der Waals surface area (Å²) in [6.07, 6.45) is 6.65. The summed E-state index contributed by atoms with van der Waals surface area (Å²) < 4.78 is 6.87. The summed E-state index contributed by atoms with van der Waals surface area (Å²) >= 11 is 0. The van der Waals surface area contributed by atoms with Crippen LogP contribution in [0.5, 0.6) is 0 Å². The van der Waals surface area contributed by atoms with Crippen LogP contribution < -0.4 is 16.1 Å². The summed E-state index contributed by atoms with van der Waals surface area (Å²) in [5, 5.41) is 7.40. The van der Waals surface area contributed by atoms with E-state index in [0.717, 1.165) is 17.5 Å². The number of nitrogens with one attached hydrogen (secondary N) is 3. The highest BCUT2D eigenvalue weighted by molar-refractivity contribution is 6.74. The van der Waals surface area contributed by atoms with Gasteiger partial charge in [-0.1, -0.05) is 71.9 Å². The third-order valence-electron chi connectivity index (χ3n) is 10.1. The maximum absolute atomic E-state index is 13.8. The quantitative estimate of drug-likeness (QED) is 0.348. The molecule has 1 aromatic rings. The molecule has 0 radical (unpaired) electrons. The number of amides is 3. The largest absolute Gasteiger partial charge is 0.413 e. The van der Waals surface area contributed by atoms with Gasteiger partial charge in [0, 0.05) is 24.8 Å². The molecule has 0 saturated carbocycles. The second-order valence-electron chi connectivity index (χ2n) is 15.2. The molecule has 3 N–H and O–H groups in total. The van der Waals surface area contributed by atoms with Crippen molar-refractivity contribution >= 4 is 37.9 Å². The second kappa shape index (κ2) is 15.8. The van der Waals surface area contributed by atoms with Gasteiger partial charge in [0.1, 0.15) is 17.9 Å². The minimum Gasteiger partial charge on any atom is -0.413 e. The lowest BCUT2D eigenvalue weighted by atomic mass is 9.84. The fourth-order valence-corrected chi connectivity index (χ4v) is 7.20. The number of ketones is 1. The molecule has 3 amide bonds. The smallest absolute Gasteiger partial charge is 0.258 e. The van der Waals surface area contributed by atoms with E-state index in [-0.39, 0.29) is 53.0 Å². The molecule has 2 aliphatic heterocycles. The minimum absolute atomic E-state index is 0.00380. The number of hydrogen-bond donors (Lipinski definition) is 3. The predicted octanol–water partition coefficient (Wildman–Crippen LogP) is 5.93. The molecule has 0 aromatic heterocycles. The van der Waals surface area contributed by atoms with Crippen molar-refractivity contribution in [2.45, 2.75) is 130 Å². The Balaban J connectivity index is 1.95. The van der Waals surface area contributed by atoms with Crippen molar-refractivity contribution in [3.63, 3.8) is 0 Å². The molecule has 46 heavy (non-hydrogen) atoms. The first-order chi connectivity index (χ1) is 21.4. The van der Waals surface area contributed by atoms with Gasteiger partial charge in [0.05, 0.1) is 12.1 Å². The van der Waals surface area contributed by atoms with Crippen LogP contribution in [0.3, 0.4) is 0 Å². The molecule has 4 bridgehead atoms. The third kappa shape index (κ3) is 9.84. The van der Waals surface area contributed by atoms with E-state index in [1.54, 1.807) is 6.92 Å². The Kier molecular flexibility index (Phi) is 13.0. The molecule has 0 spiro atoms. The Bertz CT molecular complexity index is 1270. The molecule has 0 aliphatic carbocycles. The van der Waals surface area contributed by atoms with Crippen LogP contribution in [0.4, 0.5) is 0 Å². The molecule has 2 heterocycles. The Morgan fingerprint density at radius 1 is 0.957 bits per heavy atom. The highest BCUT2D eigenvalue weighted by atomic mass is 28.4. The zero-order valence-corrected chi connectivity index (χ0v) is 30.7. The number of rotatable bonds is 3. The SMILES string of the molecule is CC(C)[C@@H]1CC(=O)[C@H](C)[C@H](O[Si](C)(C)C(C)(C)C)CC/C=C/c2cccc(c2)[C@@H](C)NC(=O)[C@@H]2CCCN(N2)C(=O)[C@H](C)NC1=O. The molecule has 1 saturated heterocycles. The van der Waals surface area contributed by atoms with Gasteiger partial charge in [-0.25, -0.2) is 5.43 Å². The summed E-state index contributed by atoms with van der Waals surface area (Å²) in [4.78, 5) is 54.1. The second-order valence-corrected chi connectivity index (χ2v) is 19.9. The van der Waals surface area contributed by atoms with E-state index < -0.39 is 32.2 Å². The van der Waals surface area contributed by atoms with Gasteiger partial charge in [-0.3, -0.25) is 24.2 Å². The normalized spacial score (nSPS) is 29.0. The highest BCUT2D eigenvalue weighted by Crippen LogP contribution is 2.39. The number of allylic oxidation sites excluding steroid dienone is 1. The van der Waals surface area contributed by atoms with E-state index in [1.165, 1.54) is 5.01 Å². The van der Waals surface area contributed by atoms with E-state index >= 15 is 0 Å². The molecule has 1 fully saturated rings. The van der Waals surface area contributed by atoms with Crippen LogP contribution in [0.2, 0.25) is 18.1 Å². The van der Waals surface area contributed by atoms with Crippen molar-refractivity contribution in [3.8, 4) is 0 Å². The molecule has 9 nitrogen and oxygen atoms in total. The number of hydrogen-bond acceptors (Lipinski definition) is 6. The lowest BCUT2D eigenvalue weighted by Gasteiger charge is -2.41. The number of hydrazine groups is 1. The van der Waals surface area contributed by atoms with Crippen LogP contribution in [-0.4, -0.2) is 61.6 Å². The Hall–Kier alpha value is -2.82. The van der Waals surface area contributed by atoms with Crippen molar-refractivity contribution in [2.75, 3.05) is 6.54 Å². The lowest BCUT2D eigenvalue weighted by molar-refractivity contribution is -0.144. The average Bonchev–Trinajstić information content (AvgIpc) is 2.99. The minimum atomic E-state index is -2.20. The van der Waals surface area contributed by atoms with Crippen LogP contribution in [0.15, 0.2) is 30.3 Å². The van der Waals surface area contributed by atoms with Crippen molar-refractivity contribution in [3.05, 3.63) is 41.5 Å². The molecular formula is C36H58N4O5Si. The van der Waals surface area contributed by atoms with Crippen LogP contribution in [0.25, 0.3) is 6.08 Å². The van der Waals surface area contributed by atoms with Gasteiger partial charge in [-0.2, -0.15) is 0 Å². The van der Waals surface area contributed by atoms with Gasteiger partial charge in [-0.15, -0.1) is 0 Å². The molecular weight excluding hydrogens is 597 g/mol. The van der Waals surface area contributed by atoms with Gasteiger partial charge in [0.25, 0.3) is 5.91 Å². The van der Waals surface area contributed by atoms with Gasteiger partial charge >= 0.3 is 0 Å². The highest BCUT2D eigenvalue weighted by Gasteiger charge is 2.41. The summed E-state index contributed by atoms with van der Waals surface area (Å²) in [5.74, 6) is -1.89. The number of carbonyl (C=O) groups is 4. The van der Waals surface area contributed by atoms with E-state index in [9.17, 15) is 19.2 Å². The van der Waals surface area contributed by atoms with Gasteiger partial charge < -0.3 is 15.1 Å². The van der Waals surface area contributed by atoms with Crippen LogP contribution in [0.1, 0.15) is 105 Å². The first-order valence-corrected chi connectivity index (χ1v) is 20.0. The number of nitrogens with zero attached hydrogens (tertiary/aromatic N) is 1. The van der Waals surface area contributed by atoms with Crippen molar-refractivity contribution < 1.29 is 23.6 Å². The molecule has 256 valence electrons. The maximum Gasteiger partial charge on any atom is 0.258 e.